The Morgan fingerprint density at radius 2 is 2.10 bits per heavy atom. The molecule has 2 rings (SSSR count). The van der Waals surface area contributed by atoms with Crippen molar-refractivity contribution in [2.75, 3.05) is 11.5 Å². The molecule has 8 heteroatoms. The van der Waals surface area contributed by atoms with Crippen molar-refractivity contribution in [3.63, 3.8) is 0 Å². The van der Waals surface area contributed by atoms with Gasteiger partial charge in [-0.05, 0) is 30.7 Å². The van der Waals surface area contributed by atoms with Gasteiger partial charge in [0.25, 0.3) is 0 Å². The average molecular weight is 369 g/mol. The summed E-state index contributed by atoms with van der Waals surface area (Å²) in [7, 11) is -3.75. The number of thioether (sulfide) groups is 1. The number of rotatable bonds is 5. The van der Waals surface area contributed by atoms with Gasteiger partial charge in [0.2, 0.25) is 10.0 Å². The highest BCUT2D eigenvalue weighted by molar-refractivity contribution is 8.00. The van der Waals surface area contributed by atoms with Gasteiger partial charge in [-0.15, -0.1) is 0 Å². The van der Waals surface area contributed by atoms with Crippen LogP contribution in [0.2, 0.25) is 10.0 Å². The summed E-state index contributed by atoms with van der Waals surface area (Å²) in [4.78, 5) is -0.0827. The second kappa shape index (κ2) is 6.96. The fraction of sp³-hybridized carbons (Fsp3) is 0.538. The van der Waals surface area contributed by atoms with Crippen LogP contribution in [0.25, 0.3) is 0 Å². The van der Waals surface area contributed by atoms with Crippen molar-refractivity contribution in [2.24, 2.45) is 0 Å². The number of nitrogens with two attached hydrogens (primary N) is 1. The summed E-state index contributed by atoms with van der Waals surface area (Å²) in [6, 6.07) is 2.71. The van der Waals surface area contributed by atoms with Crippen LogP contribution >= 0.6 is 35.0 Å². The number of hydrogen-bond donors (Lipinski definition) is 2. The Balaban J connectivity index is 2.27. The molecule has 0 heterocycles. The van der Waals surface area contributed by atoms with Crippen molar-refractivity contribution in [2.45, 2.75) is 42.4 Å². The number of nitrogens with one attached hydrogen (secondary N) is 1. The molecule has 4 nitrogen and oxygen atoms in total. The Kier molecular flexibility index (Phi) is 5.71. The first-order valence-electron chi connectivity index (χ1n) is 6.73. The van der Waals surface area contributed by atoms with Gasteiger partial charge in [0.1, 0.15) is 4.90 Å². The van der Waals surface area contributed by atoms with Crippen molar-refractivity contribution in [3.05, 3.63) is 22.2 Å². The Bertz CT molecular complexity index is 600. The van der Waals surface area contributed by atoms with Crippen molar-refractivity contribution in [1.29, 1.82) is 0 Å². The van der Waals surface area contributed by atoms with Crippen LogP contribution in [-0.4, -0.2) is 25.5 Å². The van der Waals surface area contributed by atoms with Crippen LogP contribution in [0.1, 0.15) is 26.2 Å². The molecule has 21 heavy (non-hydrogen) atoms. The lowest BCUT2D eigenvalue weighted by molar-refractivity contribution is 0.555. The molecule has 0 radical (unpaired) electrons. The molecule has 1 aromatic rings. The third-order valence-electron chi connectivity index (χ3n) is 3.45. The van der Waals surface area contributed by atoms with Crippen LogP contribution in [-0.2, 0) is 10.0 Å². The number of nitrogen functional groups attached to an aromatic ring is 1. The monoisotopic (exact) mass is 368 g/mol. The molecule has 2 unspecified atom stereocenters. The van der Waals surface area contributed by atoms with E-state index in [9.17, 15) is 8.42 Å². The molecule has 118 valence electrons. The zero-order valence-corrected chi connectivity index (χ0v) is 14.7. The minimum atomic E-state index is -3.75. The lowest BCUT2D eigenvalue weighted by Crippen LogP contribution is -2.39. The van der Waals surface area contributed by atoms with Gasteiger partial charge in [-0.25, -0.2) is 13.1 Å². The van der Waals surface area contributed by atoms with E-state index < -0.39 is 10.0 Å². The highest BCUT2D eigenvalue weighted by Crippen LogP contribution is 2.34. The highest BCUT2D eigenvalue weighted by atomic mass is 35.5. The maximum Gasteiger partial charge on any atom is 0.244 e. The minimum Gasteiger partial charge on any atom is -0.398 e. The molecule has 2 atom stereocenters. The summed E-state index contributed by atoms with van der Waals surface area (Å²) in [5, 5.41) is 0.666. The van der Waals surface area contributed by atoms with Gasteiger partial charge >= 0.3 is 0 Å². The third-order valence-corrected chi connectivity index (χ3v) is 7.01. The molecule has 0 aliphatic heterocycles. The van der Waals surface area contributed by atoms with E-state index in [4.69, 9.17) is 28.9 Å². The molecule has 3 N–H and O–H groups in total. The van der Waals surface area contributed by atoms with Crippen molar-refractivity contribution >= 4 is 50.7 Å². The van der Waals surface area contributed by atoms with Gasteiger partial charge in [0.05, 0.1) is 10.7 Å². The highest BCUT2D eigenvalue weighted by Gasteiger charge is 2.32. The van der Waals surface area contributed by atoms with Crippen LogP contribution in [0.4, 0.5) is 5.69 Å². The Morgan fingerprint density at radius 1 is 1.38 bits per heavy atom. The lowest BCUT2D eigenvalue weighted by Gasteiger charge is -2.21. The van der Waals surface area contributed by atoms with Crippen LogP contribution in [0.3, 0.4) is 0 Å². The van der Waals surface area contributed by atoms with E-state index in [0.29, 0.717) is 10.3 Å². The van der Waals surface area contributed by atoms with Crippen LogP contribution < -0.4 is 10.5 Å². The van der Waals surface area contributed by atoms with Crippen molar-refractivity contribution in [1.82, 2.24) is 4.72 Å². The van der Waals surface area contributed by atoms with E-state index >= 15 is 0 Å². The quantitative estimate of drug-likeness (QED) is 0.779. The molecule has 0 bridgehead atoms. The number of anilines is 1. The maximum absolute atomic E-state index is 12.6. The fourth-order valence-corrected chi connectivity index (χ4v) is 6.18. The van der Waals surface area contributed by atoms with E-state index in [1.54, 1.807) is 11.8 Å². The summed E-state index contributed by atoms with van der Waals surface area (Å²) in [6.45, 7) is 2.07. The predicted molar refractivity (Wildman–Crippen MR) is 90.8 cm³/mol. The van der Waals surface area contributed by atoms with E-state index in [-0.39, 0.29) is 21.6 Å². The van der Waals surface area contributed by atoms with Gasteiger partial charge in [0.15, 0.2) is 0 Å². The molecule has 1 aliphatic carbocycles. The summed E-state index contributed by atoms with van der Waals surface area (Å²) < 4.78 is 27.9. The van der Waals surface area contributed by atoms with E-state index in [1.807, 2.05) is 0 Å². The Morgan fingerprint density at radius 3 is 2.71 bits per heavy atom. The van der Waals surface area contributed by atoms with Gasteiger partial charge in [-0.3, -0.25) is 0 Å². The van der Waals surface area contributed by atoms with E-state index in [2.05, 4.69) is 11.6 Å². The summed E-state index contributed by atoms with van der Waals surface area (Å²) in [6.07, 6.45) is 2.88. The lowest BCUT2D eigenvalue weighted by atomic mass is 10.3. The van der Waals surface area contributed by atoms with Crippen LogP contribution in [0, 0.1) is 0 Å². The standard InChI is InChI=1S/C13H18Cl2N2O2S2/c1-2-20-12-5-3-4-11(12)17-21(18,19)13-9(15)6-8(14)7-10(13)16/h6-7,11-12,17H,2-5,16H2,1H3. The smallest absolute Gasteiger partial charge is 0.244 e. The Labute approximate surface area is 139 Å². The van der Waals surface area contributed by atoms with Gasteiger partial charge in [-0.1, -0.05) is 36.5 Å². The molecular weight excluding hydrogens is 351 g/mol. The molecule has 1 saturated carbocycles. The SMILES string of the molecule is CCSC1CCCC1NS(=O)(=O)c1c(N)cc(Cl)cc1Cl. The molecule has 1 aliphatic rings. The van der Waals surface area contributed by atoms with Gasteiger partial charge < -0.3 is 5.73 Å². The summed E-state index contributed by atoms with van der Waals surface area (Å²) in [5.74, 6) is 0.965. The maximum atomic E-state index is 12.6. The minimum absolute atomic E-state index is 0.0465. The summed E-state index contributed by atoms with van der Waals surface area (Å²) >= 11 is 13.6. The van der Waals surface area contributed by atoms with Crippen LogP contribution in [0.15, 0.2) is 17.0 Å². The molecule has 0 saturated heterocycles. The van der Waals surface area contributed by atoms with Gasteiger partial charge in [-0.2, -0.15) is 11.8 Å². The number of benzene rings is 1. The summed E-state index contributed by atoms with van der Waals surface area (Å²) in [5.41, 5.74) is 5.85. The second-order valence-corrected chi connectivity index (χ2v) is 8.97. The van der Waals surface area contributed by atoms with E-state index in [0.717, 1.165) is 25.0 Å². The first kappa shape index (κ1) is 17.2. The third kappa shape index (κ3) is 3.99. The first-order chi connectivity index (χ1) is 9.85. The molecule has 0 amide bonds. The molecular formula is C13H18Cl2N2O2S2. The average Bonchev–Trinajstić information content (AvgIpc) is 2.74. The number of hydrogen-bond acceptors (Lipinski definition) is 4. The molecule has 0 spiro atoms. The number of halogens is 2. The normalized spacial score (nSPS) is 22.6. The predicted octanol–water partition coefficient (Wildman–Crippen LogP) is 3.53. The molecule has 0 aromatic heterocycles. The van der Waals surface area contributed by atoms with Crippen LogP contribution in [0.5, 0.6) is 0 Å². The largest absolute Gasteiger partial charge is 0.398 e. The molecule has 1 fully saturated rings. The topological polar surface area (TPSA) is 72.2 Å². The number of sulfonamides is 1. The first-order valence-corrected chi connectivity index (χ1v) is 10.0. The fourth-order valence-electron chi connectivity index (χ4n) is 2.60. The Hall–Kier alpha value is -0.140. The van der Waals surface area contributed by atoms with Crippen molar-refractivity contribution < 1.29 is 8.42 Å². The zero-order valence-electron chi connectivity index (χ0n) is 11.6. The zero-order chi connectivity index (χ0) is 15.6. The van der Waals surface area contributed by atoms with Gasteiger partial charge in [0, 0.05) is 16.3 Å². The molecule has 1 aromatic carbocycles. The van der Waals surface area contributed by atoms with E-state index in [1.165, 1.54) is 12.1 Å². The van der Waals surface area contributed by atoms with Crippen molar-refractivity contribution in [3.8, 4) is 0 Å². The second-order valence-electron chi connectivity index (χ2n) is 4.96.